The fourth-order valence-corrected chi connectivity index (χ4v) is 2.80. The molecule has 0 saturated carbocycles. The Bertz CT molecular complexity index is 468. The first-order valence-corrected chi connectivity index (χ1v) is 7.74. The van der Waals surface area contributed by atoms with Gasteiger partial charge in [0.2, 0.25) is 5.91 Å². The number of carbonyl (C=O) groups is 1. The van der Waals surface area contributed by atoms with E-state index in [1.165, 1.54) is 11.1 Å². The Balaban J connectivity index is 2.04. The lowest BCUT2D eigenvalue weighted by Gasteiger charge is -2.18. The number of rotatable bonds is 6. The van der Waals surface area contributed by atoms with Crippen molar-refractivity contribution in [3.05, 3.63) is 29.3 Å². The highest BCUT2D eigenvalue weighted by Crippen LogP contribution is 2.30. The number of carbonyl (C=O) groups excluding carboxylic acids is 1. The topological polar surface area (TPSA) is 46.3 Å². The number of benzene rings is 1. The van der Waals surface area contributed by atoms with Crippen molar-refractivity contribution in [3.63, 3.8) is 0 Å². The molecule has 1 aromatic carbocycles. The summed E-state index contributed by atoms with van der Waals surface area (Å²) in [5.74, 6) is 0.678. The van der Waals surface area contributed by atoms with E-state index in [4.69, 9.17) is 5.73 Å². The van der Waals surface area contributed by atoms with Crippen molar-refractivity contribution in [2.75, 3.05) is 18.0 Å². The standard InChI is InChI=1S/C17H26N2O/c1-13(2)11-17(20)19-10-8-15-12-14(5-3-4-9-18)6-7-16(15)19/h6-7,12-13H,3-5,8-11,18H2,1-2H3. The van der Waals surface area contributed by atoms with Crippen LogP contribution in [-0.2, 0) is 17.6 Å². The maximum atomic E-state index is 12.2. The van der Waals surface area contributed by atoms with Gasteiger partial charge in [-0.2, -0.15) is 0 Å². The van der Waals surface area contributed by atoms with E-state index in [0.29, 0.717) is 12.3 Å². The summed E-state index contributed by atoms with van der Waals surface area (Å²) in [5, 5.41) is 0. The van der Waals surface area contributed by atoms with Gasteiger partial charge in [0.25, 0.3) is 0 Å². The summed E-state index contributed by atoms with van der Waals surface area (Å²) in [5.41, 5.74) is 9.35. The molecule has 1 heterocycles. The first-order chi connectivity index (χ1) is 9.61. The molecule has 0 fully saturated rings. The first-order valence-electron chi connectivity index (χ1n) is 7.74. The lowest BCUT2D eigenvalue weighted by atomic mass is 10.0. The zero-order valence-electron chi connectivity index (χ0n) is 12.7. The minimum Gasteiger partial charge on any atom is -0.330 e. The largest absolute Gasteiger partial charge is 0.330 e. The van der Waals surface area contributed by atoms with Crippen molar-refractivity contribution in [1.82, 2.24) is 0 Å². The number of fused-ring (bicyclic) bond motifs is 1. The van der Waals surface area contributed by atoms with Gasteiger partial charge in [-0.1, -0.05) is 26.0 Å². The van der Waals surface area contributed by atoms with Crippen LogP contribution in [0.3, 0.4) is 0 Å². The number of nitrogens with zero attached hydrogens (tertiary/aromatic N) is 1. The average Bonchev–Trinajstić information content (AvgIpc) is 2.81. The molecule has 3 heteroatoms. The molecule has 1 aliphatic heterocycles. The Morgan fingerprint density at radius 2 is 2.15 bits per heavy atom. The fraction of sp³-hybridized carbons (Fsp3) is 0.588. The Labute approximate surface area is 122 Å². The van der Waals surface area contributed by atoms with Gasteiger partial charge in [-0.3, -0.25) is 4.79 Å². The molecule has 0 radical (unpaired) electrons. The predicted molar refractivity (Wildman–Crippen MR) is 83.9 cm³/mol. The quantitative estimate of drug-likeness (QED) is 0.811. The molecule has 110 valence electrons. The molecule has 0 bridgehead atoms. The molecular formula is C17H26N2O. The molecule has 0 saturated heterocycles. The van der Waals surface area contributed by atoms with Crippen LogP contribution in [0.15, 0.2) is 18.2 Å². The second kappa shape index (κ2) is 6.89. The van der Waals surface area contributed by atoms with Gasteiger partial charge >= 0.3 is 0 Å². The molecule has 2 N–H and O–H groups in total. The van der Waals surface area contributed by atoms with Crippen LogP contribution in [0.25, 0.3) is 0 Å². The van der Waals surface area contributed by atoms with Crippen LogP contribution in [0.4, 0.5) is 5.69 Å². The summed E-state index contributed by atoms with van der Waals surface area (Å²) in [7, 11) is 0. The van der Waals surface area contributed by atoms with Gasteiger partial charge in [-0.15, -0.1) is 0 Å². The minimum absolute atomic E-state index is 0.259. The highest BCUT2D eigenvalue weighted by atomic mass is 16.2. The smallest absolute Gasteiger partial charge is 0.227 e. The van der Waals surface area contributed by atoms with Gasteiger partial charge in [0.1, 0.15) is 0 Å². The summed E-state index contributed by atoms with van der Waals surface area (Å²) in [6.07, 6.45) is 4.94. The molecule has 1 amide bonds. The van der Waals surface area contributed by atoms with Crippen molar-refractivity contribution in [2.24, 2.45) is 11.7 Å². The van der Waals surface area contributed by atoms with Crippen molar-refractivity contribution in [1.29, 1.82) is 0 Å². The summed E-state index contributed by atoms with van der Waals surface area (Å²) in [6, 6.07) is 6.56. The summed E-state index contributed by atoms with van der Waals surface area (Å²) in [4.78, 5) is 14.2. The number of hydrogen-bond donors (Lipinski definition) is 1. The molecule has 0 aromatic heterocycles. The molecule has 3 nitrogen and oxygen atoms in total. The number of nitrogens with two attached hydrogens (primary N) is 1. The van der Waals surface area contributed by atoms with Gasteiger partial charge in [0.15, 0.2) is 0 Å². The normalized spacial score (nSPS) is 13.9. The van der Waals surface area contributed by atoms with Gasteiger partial charge in [0, 0.05) is 18.7 Å². The van der Waals surface area contributed by atoms with Crippen LogP contribution >= 0.6 is 0 Å². The molecule has 0 aliphatic carbocycles. The third kappa shape index (κ3) is 3.60. The average molecular weight is 274 g/mol. The Morgan fingerprint density at radius 1 is 1.35 bits per heavy atom. The van der Waals surface area contributed by atoms with Gasteiger partial charge in [-0.25, -0.2) is 0 Å². The van der Waals surface area contributed by atoms with E-state index in [1.54, 1.807) is 0 Å². The molecule has 0 unspecified atom stereocenters. The highest BCUT2D eigenvalue weighted by Gasteiger charge is 2.24. The van der Waals surface area contributed by atoms with E-state index in [1.807, 2.05) is 4.90 Å². The van der Waals surface area contributed by atoms with Crippen LogP contribution < -0.4 is 10.6 Å². The SMILES string of the molecule is CC(C)CC(=O)N1CCc2cc(CCCCN)ccc21. The zero-order valence-corrected chi connectivity index (χ0v) is 12.7. The number of hydrogen-bond acceptors (Lipinski definition) is 2. The van der Waals surface area contributed by atoms with Crippen LogP contribution in [0.2, 0.25) is 0 Å². The van der Waals surface area contributed by atoms with Crippen LogP contribution in [0.5, 0.6) is 0 Å². The predicted octanol–water partition coefficient (Wildman–Crippen LogP) is 2.90. The molecule has 0 spiro atoms. The second-order valence-corrected chi connectivity index (χ2v) is 6.10. The van der Waals surface area contributed by atoms with Crippen LogP contribution in [-0.4, -0.2) is 19.0 Å². The summed E-state index contributed by atoms with van der Waals surface area (Å²) < 4.78 is 0. The third-order valence-electron chi connectivity index (χ3n) is 3.84. The molecular weight excluding hydrogens is 248 g/mol. The van der Waals surface area contributed by atoms with E-state index >= 15 is 0 Å². The highest BCUT2D eigenvalue weighted by molar-refractivity contribution is 5.95. The zero-order chi connectivity index (χ0) is 14.5. The van der Waals surface area contributed by atoms with Crippen LogP contribution in [0.1, 0.15) is 44.2 Å². The molecule has 20 heavy (non-hydrogen) atoms. The fourth-order valence-electron chi connectivity index (χ4n) is 2.80. The maximum absolute atomic E-state index is 12.2. The van der Waals surface area contributed by atoms with Crippen molar-refractivity contribution in [2.45, 2.75) is 46.0 Å². The monoisotopic (exact) mass is 274 g/mol. The number of anilines is 1. The number of amides is 1. The lowest BCUT2D eigenvalue weighted by Crippen LogP contribution is -2.29. The lowest BCUT2D eigenvalue weighted by molar-refractivity contribution is -0.119. The number of unbranched alkanes of at least 4 members (excludes halogenated alkanes) is 1. The van der Waals surface area contributed by atoms with Crippen molar-refractivity contribution >= 4 is 11.6 Å². The summed E-state index contributed by atoms with van der Waals surface area (Å²) in [6.45, 7) is 5.79. The Morgan fingerprint density at radius 3 is 2.85 bits per heavy atom. The molecule has 1 aliphatic rings. The Kier molecular flexibility index (Phi) is 5.18. The van der Waals surface area contributed by atoms with Crippen molar-refractivity contribution < 1.29 is 4.79 Å². The van der Waals surface area contributed by atoms with Gasteiger partial charge < -0.3 is 10.6 Å². The third-order valence-corrected chi connectivity index (χ3v) is 3.84. The van der Waals surface area contributed by atoms with Crippen LogP contribution in [0, 0.1) is 5.92 Å². The first kappa shape index (κ1) is 15.0. The van der Waals surface area contributed by atoms with E-state index in [2.05, 4.69) is 32.0 Å². The summed E-state index contributed by atoms with van der Waals surface area (Å²) >= 11 is 0. The number of aryl methyl sites for hydroxylation is 1. The van der Waals surface area contributed by atoms with E-state index in [0.717, 1.165) is 44.5 Å². The second-order valence-electron chi connectivity index (χ2n) is 6.10. The molecule has 0 atom stereocenters. The van der Waals surface area contributed by atoms with E-state index in [-0.39, 0.29) is 5.91 Å². The molecule has 1 aromatic rings. The Hall–Kier alpha value is -1.35. The molecule has 2 rings (SSSR count). The van der Waals surface area contributed by atoms with Gasteiger partial charge in [-0.05, 0) is 55.3 Å². The van der Waals surface area contributed by atoms with Crippen molar-refractivity contribution in [3.8, 4) is 0 Å². The maximum Gasteiger partial charge on any atom is 0.227 e. The van der Waals surface area contributed by atoms with E-state index in [9.17, 15) is 4.79 Å². The van der Waals surface area contributed by atoms with Gasteiger partial charge in [0.05, 0.1) is 0 Å². The minimum atomic E-state index is 0.259. The van der Waals surface area contributed by atoms with E-state index < -0.39 is 0 Å².